The second kappa shape index (κ2) is 9.47. The first-order valence-corrected chi connectivity index (χ1v) is 13.2. The summed E-state index contributed by atoms with van der Waals surface area (Å²) in [5.74, 6) is 1.16. The molecule has 3 aromatic carbocycles. The summed E-state index contributed by atoms with van der Waals surface area (Å²) in [6.45, 7) is 0. The fraction of sp³-hybridized carbons (Fsp3) is 0. The van der Waals surface area contributed by atoms with Crippen LogP contribution in [0.4, 0.5) is 0 Å². The van der Waals surface area contributed by atoms with Gasteiger partial charge in [-0.15, -0.1) is 12.1 Å². The van der Waals surface area contributed by atoms with E-state index in [2.05, 4.69) is 61.8 Å². The molecule has 9 rings (SSSR count). The molecule has 0 N–H and O–H groups in total. The molecule has 9 aromatic rings. The van der Waals surface area contributed by atoms with Gasteiger partial charge in [-0.25, -0.2) is 4.98 Å². The predicted octanol–water partition coefficient (Wildman–Crippen LogP) is 7.44. The van der Waals surface area contributed by atoms with Crippen molar-refractivity contribution in [3.8, 4) is 22.8 Å². The summed E-state index contributed by atoms with van der Waals surface area (Å²) < 4.78 is 10.4. The third-order valence-corrected chi connectivity index (χ3v) is 7.60. The van der Waals surface area contributed by atoms with Gasteiger partial charge in [0.25, 0.3) is 0 Å². The molecule has 0 atom stereocenters. The van der Waals surface area contributed by atoms with Gasteiger partial charge in [-0.2, -0.15) is 0 Å². The Morgan fingerprint density at radius 2 is 1.26 bits per heavy atom. The van der Waals surface area contributed by atoms with Crippen LogP contribution in [0.5, 0.6) is 11.5 Å². The number of nitrogens with zero attached hydrogens (tertiary/aromatic N) is 6. The van der Waals surface area contributed by atoms with Crippen LogP contribution in [0.1, 0.15) is 0 Å². The summed E-state index contributed by atoms with van der Waals surface area (Å²) >= 11 is 0. The molecule has 0 spiro atoms. The molecule has 7 nitrogen and oxygen atoms in total. The van der Waals surface area contributed by atoms with Gasteiger partial charge in [0.15, 0.2) is 0 Å². The monoisotopic (exact) mass is 721 g/mol. The van der Waals surface area contributed by atoms with Crippen molar-refractivity contribution in [2.75, 3.05) is 0 Å². The molecule has 0 radical (unpaired) electrons. The van der Waals surface area contributed by atoms with Crippen LogP contribution in [0.15, 0.2) is 110 Å². The Labute approximate surface area is 253 Å². The molecule has 0 aliphatic carbocycles. The van der Waals surface area contributed by atoms with Crippen molar-refractivity contribution < 1.29 is 25.8 Å². The first-order chi connectivity index (χ1) is 20.3. The van der Waals surface area contributed by atoms with Gasteiger partial charge in [-0.1, -0.05) is 82.2 Å². The van der Waals surface area contributed by atoms with Gasteiger partial charge < -0.3 is 13.5 Å². The topological polar surface area (TPSA) is 69.6 Å². The number of hydrogen-bond donors (Lipinski definition) is 0. The van der Waals surface area contributed by atoms with E-state index in [1.54, 1.807) is 18.6 Å². The second-order valence-corrected chi connectivity index (χ2v) is 9.89. The standard InChI is InChI=1S/C34H18N6O.Pt/c1-2-4-21(5-3-1)30-11-10-26-24-8-6-22(18-27(24)33-37-15-17-40(33)34(26)38-30)41-23-7-9-25-28(19-23)32-36-14-16-39(32)31-12-13-35-20-29(25)31;/h1-17,20H;/q-2;+2. The third kappa shape index (κ3) is 3.64. The number of fused-ring (bicyclic) bond motifs is 12. The smallest absolute Gasteiger partial charge is 0.497 e. The SMILES string of the molecule is [Pt+2].[c-]1c(Oc2[c-]c3c(cc2)c2ccc(-c4ccccc4)nc2n2ccnc32)ccc2c1c1nccn1c1ccncc21. The molecule has 0 amide bonds. The zero-order chi connectivity index (χ0) is 26.9. The van der Waals surface area contributed by atoms with Gasteiger partial charge in [-0.3, -0.25) is 15.0 Å². The normalized spacial score (nSPS) is 11.6. The van der Waals surface area contributed by atoms with Crippen LogP contribution in [0, 0.1) is 12.1 Å². The van der Waals surface area contributed by atoms with E-state index in [0.717, 1.165) is 66.0 Å². The Morgan fingerprint density at radius 1 is 0.595 bits per heavy atom. The molecule has 42 heavy (non-hydrogen) atoms. The minimum absolute atomic E-state index is 0. The van der Waals surface area contributed by atoms with Crippen LogP contribution < -0.4 is 4.74 Å². The molecule has 6 heterocycles. The van der Waals surface area contributed by atoms with Crippen LogP contribution >= 0.6 is 0 Å². The van der Waals surface area contributed by atoms with Crippen LogP contribution in [0.2, 0.25) is 0 Å². The van der Waals surface area contributed by atoms with Crippen molar-refractivity contribution in [2.45, 2.75) is 0 Å². The maximum Gasteiger partial charge on any atom is 2.00 e. The van der Waals surface area contributed by atoms with Crippen LogP contribution in [-0.2, 0) is 21.1 Å². The molecule has 0 saturated heterocycles. The van der Waals surface area contributed by atoms with Gasteiger partial charge in [0.2, 0.25) is 0 Å². The van der Waals surface area contributed by atoms with Crippen molar-refractivity contribution in [1.82, 2.24) is 28.7 Å². The Hall–Kier alpha value is -5.13. The Kier molecular flexibility index (Phi) is 5.56. The average molecular weight is 722 g/mol. The van der Waals surface area contributed by atoms with E-state index < -0.39 is 0 Å². The zero-order valence-electron chi connectivity index (χ0n) is 21.8. The number of imidazole rings is 2. The Morgan fingerprint density at radius 3 is 2.02 bits per heavy atom. The molecule has 0 aliphatic heterocycles. The van der Waals surface area contributed by atoms with Crippen LogP contribution in [0.25, 0.3) is 66.0 Å². The molecule has 0 unspecified atom stereocenters. The van der Waals surface area contributed by atoms with Gasteiger partial charge >= 0.3 is 21.1 Å². The largest absolute Gasteiger partial charge is 2.00 e. The molecule has 0 aliphatic rings. The van der Waals surface area contributed by atoms with Crippen molar-refractivity contribution in [2.24, 2.45) is 0 Å². The zero-order valence-corrected chi connectivity index (χ0v) is 24.1. The van der Waals surface area contributed by atoms with Crippen molar-refractivity contribution in [3.63, 3.8) is 0 Å². The van der Waals surface area contributed by atoms with Gasteiger partial charge in [0.05, 0.1) is 17.0 Å². The number of benzene rings is 3. The molecule has 6 aromatic heterocycles. The molecule has 0 saturated carbocycles. The number of hydrogen-bond acceptors (Lipinski definition) is 5. The van der Waals surface area contributed by atoms with Gasteiger partial charge in [0, 0.05) is 59.8 Å². The molecule has 200 valence electrons. The van der Waals surface area contributed by atoms with E-state index in [1.807, 2.05) is 65.5 Å². The Bertz CT molecular complexity index is 2470. The molecule has 0 bridgehead atoms. The maximum absolute atomic E-state index is 6.33. The van der Waals surface area contributed by atoms with Gasteiger partial charge in [0.1, 0.15) is 5.65 Å². The number of aromatic nitrogens is 6. The molecule has 8 heteroatoms. The van der Waals surface area contributed by atoms with Gasteiger partial charge in [-0.05, 0) is 22.9 Å². The van der Waals surface area contributed by atoms with E-state index in [0.29, 0.717) is 11.5 Å². The van der Waals surface area contributed by atoms with E-state index in [4.69, 9.17) is 9.72 Å². The van der Waals surface area contributed by atoms with Crippen molar-refractivity contribution in [3.05, 3.63) is 122 Å². The maximum atomic E-state index is 6.33. The first-order valence-electron chi connectivity index (χ1n) is 13.2. The van der Waals surface area contributed by atoms with Crippen molar-refractivity contribution >= 4 is 54.8 Å². The van der Waals surface area contributed by atoms with Crippen LogP contribution in [0.3, 0.4) is 0 Å². The summed E-state index contributed by atoms with van der Waals surface area (Å²) in [7, 11) is 0. The first kappa shape index (κ1) is 24.6. The predicted molar refractivity (Wildman–Crippen MR) is 159 cm³/mol. The minimum Gasteiger partial charge on any atom is -0.497 e. The fourth-order valence-corrected chi connectivity index (χ4v) is 5.75. The van der Waals surface area contributed by atoms with E-state index in [9.17, 15) is 0 Å². The number of pyridine rings is 4. The van der Waals surface area contributed by atoms with E-state index in [1.165, 1.54) is 0 Å². The Balaban J connectivity index is 0.00000267. The molecular weight excluding hydrogens is 703 g/mol. The minimum atomic E-state index is 0. The fourth-order valence-electron chi connectivity index (χ4n) is 5.75. The quantitative estimate of drug-likeness (QED) is 0.140. The summed E-state index contributed by atoms with van der Waals surface area (Å²) in [4.78, 5) is 18.6. The number of rotatable bonds is 3. The average Bonchev–Trinajstić information content (AvgIpc) is 3.73. The number of ether oxygens (including phenoxy) is 1. The summed E-state index contributed by atoms with van der Waals surface area (Å²) in [6.07, 6.45) is 11.1. The van der Waals surface area contributed by atoms with E-state index >= 15 is 0 Å². The molecular formula is C34H18N6OPt. The summed E-state index contributed by atoms with van der Waals surface area (Å²) in [5, 5.41) is 5.82. The van der Waals surface area contributed by atoms with Crippen LogP contribution in [-0.4, -0.2) is 28.7 Å². The summed E-state index contributed by atoms with van der Waals surface area (Å²) in [5.41, 5.74) is 5.48. The summed E-state index contributed by atoms with van der Waals surface area (Å²) in [6, 6.07) is 31.2. The van der Waals surface area contributed by atoms with E-state index in [-0.39, 0.29) is 21.1 Å². The third-order valence-electron chi connectivity index (χ3n) is 7.60. The molecule has 0 fully saturated rings. The van der Waals surface area contributed by atoms with Crippen molar-refractivity contribution in [1.29, 1.82) is 0 Å². The second-order valence-electron chi connectivity index (χ2n) is 9.89.